The summed E-state index contributed by atoms with van der Waals surface area (Å²) in [6.07, 6.45) is 1.77. The third-order valence-corrected chi connectivity index (χ3v) is 6.28. The molecule has 7 heteroatoms. The second-order valence-electron chi connectivity index (χ2n) is 6.20. The molecule has 3 rings (SSSR count). The molecule has 5 nitrogen and oxygen atoms in total. The number of nitrogens with zero attached hydrogens (tertiary/aromatic N) is 2. The van der Waals surface area contributed by atoms with Gasteiger partial charge in [-0.2, -0.15) is 0 Å². The average molecular weight is 339 g/mol. The summed E-state index contributed by atoms with van der Waals surface area (Å²) >= 11 is 0. The van der Waals surface area contributed by atoms with Crippen molar-refractivity contribution in [2.24, 2.45) is 0 Å². The van der Waals surface area contributed by atoms with Crippen LogP contribution in [0.5, 0.6) is 0 Å². The first-order chi connectivity index (χ1) is 11.0. The molecule has 1 aromatic heterocycles. The monoisotopic (exact) mass is 339 g/mol. The number of alkyl halides is 1. The Bertz CT molecular complexity index is 788. The third-order valence-electron chi connectivity index (χ3n) is 4.36. The molecule has 1 N–H and O–H groups in total. The van der Waals surface area contributed by atoms with Crippen molar-refractivity contribution in [1.29, 1.82) is 0 Å². The van der Waals surface area contributed by atoms with E-state index in [1.165, 1.54) is 4.31 Å². The number of sulfonamides is 1. The molecule has 0 radical (unpaired) electrons. The van der Waals surface area contributed by atoms with Crippen molar-refractivity contribution in [2.75, 3.05) is 25.5 Å². The lowest BCUT2D eigenvalue weighted by molar-refractivity contribution is 0.309. The highest BCUT2D eigenvalue weighted by atomic mass is 32.2. The van der Waals surface area contributed by atoms with Gasteiger partial charge in [-0.25, -0.2) is 17.7 Å². The van der Waals surface area contributed by atoms with Gasteiger partial charge in [-0.05, 0) is 43.9 Å². The number of benzene rings is 1. The minimum Gasteiger partial charge on any atom is -0.342 e. The van der Waals surface area contributed by atoms with Gasteiger partial charge in [0.1, 0.15) is 5.82 Å². The molecular weight excluding hydrogens is 317 g/mol. The summed E-state index contributed by atoms with van der Waals surface area (Å²) < 4.78 is 38.3. The van der Waals surface area contributed by atoms with Gasteiger partial charge in [0.05, 0.1) is 23.5 Å². The zero-order valence-electron chi connectivity index (χ0n) is 13.3. The van der Waals surface area contributed by atoms with Gasteiger partial charge in [-0.3, -0.25) is 4.39 Å². The van der Waals surface area contributed by atoms with Crippen molar-refractivity contribution >= 4 is 21.1 Å². The van der Waals surface area contributed by atoms with Crippen LogP contribution in [0.15, 0.2) is 18.2 Å². The van der Waals surface area contributed by atoms with Crippen molar-refractivity contribution in [2.45, 2.75) is 32.1 Å². The van der Waals surface area contributed by atoms with E-state index in [1.54, 1.807) is 0 Å². The molecule has 0 saturated carbocycles. The molecular formula is C16H22FN3O2S. The summed E-state index contributed by atoms with van der Waals surface area (Å²) in [4.78, 5) is 7.95. The van der Waals surface area contributed by atoms with Gasteiger partial charge in [0.15, 0.2) is 0 Å². The van der Waals surface area contributed by atoms with E-state index >= 15 is 0 Å². The highest BCUT2D eigenvalue weighted by Gasteiger charge is 2.30. The second-order valence-corrected chi connectivity index (χ2v) is 8.29. The summed E-state index contributed by atoms with van der Waals surface area (Å²) in [6, 6.07) is 6.04. The van der Waals surface area contributed by atoms with Crippen molar-refractivity contribution < 1.29 is 12.8 Å². The van der Waals surface area contributed by atoms with Crippen LogP contribution in [0.2, 0.25) is 0 Å². The van der Waals surface area contributed by atoms with Crippen molar-refractivity contribution in [3.8, 4) is 0 Å². The van der Waals surface area contributed by atoms with E-state index < -0.39 is 16.7 Å². The van der Waals surface area contributed by atoms with Crippen molar-refractivity contribution in [1.82, 2.24) is 14.3 Å². The molecule has 0 spiro atoms. The number of halogens is 1. The van der Waals surface area contributed by atoms with E-state index in [9.17, 15) is 12.8 Å². The summed E-state index contributed by atoms with van der Waals surface area (Å²) in [5, 5.41) is 0. The predicted octanol–water partition coefficient (Wildman–Crippen LogP) is 2.74. The number of aromatic amines is 1. The van der Waals surface area contributed by atoms with Gasteiger partial charge in [0, 0.05) is 19.0 Å². The molecule has 2 heterocycles. The molecule has 0 aliphatic carbocycles. The normalized spacial score (nSPS) is 20.2. The summed E-state index contributed by atoms with van der Waals surface area (Å²) in [5.74, 6) is 0.794. The number of aryl methyl sites for hydroxylation is 1. The summed E-state index contributed by atoms with van der Waals surface area (Å²) in [7, 11) is -3.37. The molecule has 0 unspecified atom stereocenters. The Labute approximate surface area is 136 Å². The summed E-state index contributed by atoms with van der Waals surface area (Å²) in [5.41, 5.74) is 3.05. The largest absolute Gasteiger partial charge is 0.342 e. The molecule has 2 aromatic rings. The second kappa shape index (κ2) is 6.57. The van der Waals surface area contributed by atoms with Crippen LogP contribution < -0.4 is 0 Å². The van der Waals surface area contributed by atoms with Gasteiger partial charge < -0.3 is 4.98 Å². The van der Waals surface area contributed by atoms with Crippen LogP contribution >= 0.6 is 0 Å². The van der Waals surface area contributed by atoms with Gasteiger partial charge in [0.2, 0.25) is 10.0 Å². The molecule has 1 aliphatic heterocycles. The van der Waals surface area contributed by atoms with E-state index in [2.05, 4.69) is 9.97 Å². The lowest BCUT2D eigenvalue weighted by atomic mass is 9.99. The van der Waals surface area contributed by atoms with E-state index in [4.69, 9.17) is 0 Å². The number of imidazole rings is 1. The topological polar surface area (TPSA) is 66.1 Å². The molecule has 1 aliphatic rings. The number of hydrogen-bond acceptors (Lipinski definition) is 3. The standard InChI is InChI=1S/C16H22FN3O2S/c1-12-5-6-14-15(10-12)19-16(18-14)13-4-2-8-20(11-13)23(21,22)9-3-7-17/h5-6,10,13H,2-4,7-9,11H2,1H3,(H,18,19)/t13-/m1/s1. The van der Waals surface area contributed by atoms with Crippen LogP contribution in [-0.4, -0.2) is 48.2 Å². The van der Waals surface area contributed by atoms with Crippen molar-refractivity contribution in [3.63, 3.8) is 0 Å². The number of aromatic nitrogens is 2. The van der Waals surface area contributed by atoms with E-state index in [-0.39, 0.29) is 18.1 Å². The van der Waals surface area contributed by atoms with Crippen LogP contribution in [0.1, 0.15) is 36.6 Å². The first-order valence-corrected chi connectivity index (χ1v) is 9.60. The summed E-state index contributed by atoms with van der Waals surface area (Å²) in [6.45, 7) is 2.37. The van der Waals surface area contributed by atoms with Crippen LogP contribution in [0.4, 0.5) is 4.39 Å². The number of hydrogen-bond donors (Lipinski definition) is 1. The number of piperidine rings is 1. The molecule has 1 fully saturated rings. The van der Waals surface area contributed by atoms with Gasteiger partial charge in [-0.15, -0.1) is 0 Å². The fraction of sp³-hybridized carbons (Fsp3) is 0.562. The minimum absolute atomic E-state index is 0.0629. The van der Waals surface area contributed by atoms with E-state index in [0.29, 0.717) is 13.1 Å². The average Bonchev–Trinajstić information content (AvgIpc) is 2.96. The van der Waals surface area contributed by atoms with Crippen molar-refractivity contribution in [3.05, 3.63) is 29.6 Å². The Morgan fingerprint density at radius 1 is 1.43 bits per heavy atom. The highest BCUT2D eigenvalue weighted by molar-refractivity contribution is 7.89. The smallest absolute Gasteiger partial charge is 0.214 e. The Morgan fingerprint density at radius 2 is 2.26 bits per heavy atom. The zero-order chi connectivity index (χ0) is 16.4. The number of rotatable bonds is 5. The maximum atomic E-state index is 12.3. The highest BCUT2D eigenvalue weighted by Crippen LogP contribution is 2.28. The predicted molar refractivity (Wildman–Crippen MR) is 88.8 cm³/mol. The lowest BCUT2D eigenvalue weighted by Gasteiger charge is -2.30. The molecule has 0 bridgehead atoms. The van der Waals surface area contributed by atoms with Crippen LogP contribution in [0.3, 0.4) is 0 Å². The molecule has 1 atom stereocenters. The van der Waals surface area contributed by atoms with E-state index in [1.807, 2.05) is 25.1 Å². The Morgan fingerprint density at radius 3 is 3.04 bits per heavy atom. The molecule has 1 saturated heterocycles. The number of H-pyrrole nitrogens is 1. The number of nitrogens with one attached hydrogen (secondary N) is 1. The maximum Gasteiger partial charge on any atom is 0.214 e. The quantitative estimate of drug-likeness (QED) is 0.911. The van der Waals surface area contributed by atoms with Crippen LogP contribution in [0.25, 0.3) is 11.0 Å². The molecule has 126 valence electrons. The Kier molecular flexibility index (Phi) is 4.68. The van der Waals surface area contributed by atoms with Gasteiger partial charge >= 0.3 is 0 Å². The minimum atomic E-state index is -3.37. The van der Waals surface area contributed by atoms with Gasteiger partial charge in [-0.1, -0.05) is 6.07 Å². The fourth-order valence-corrected chi connectivity index (χ4v) is 4.67. The molecule has 0 amide bonds. The molecule has 23 heavy (non-hydrogen) atoms. The molecule has 1 aromatic carbocycles. The van der Waals surface area contributed by atoms with Gasteiger partial charge in [0.25, 0.3) is 0 Å². The first kappa shape index (κ1) is 16.4. The van der Waals surface area contributed by atoms with E-state index in [0.717, 1.165) is 35.3 Å². The lowest BCUT2D eigenvalue weighted by Crippen LogP contribution is -2.40. The Balaban J connectivity index is 1.79. The number of fused-ring (bicyclic) bond motifs is 1. The fourth-order valence-electron chi connectivity index (χ4n) is 3.12. The van der Waals surface area contributed by atoms with Crippen LogP contribution in [0, 0.1) is 6.92 Å². The first-order valence-electron chi connectivity index (χ1n) is 7.99. The zero-order valence-corrected chi connectivity index (χ0v) is 14.1. The van der Waals surface area contributed by atoms with Crippen LogP contribution in [-0.2, 0) is 10.0 Å². The third kappa shape index (κ3) is 3.55. The maximum absolute atomic E-state index is 12.3. The Hall–Kier alpha value is -1.47. The SMILES string of the molecule is Cc1ccc2nc([C@@H]3CCCN(S(=O)(=O)CCCF)C3)[nH]c2c1.